The minimum absolute atomic E-state index is 0.0163. The number of carbonyl (C=O) groups excluding carboxylic acids is 3. The molecule has 3 rings (SSSR count). The smallest absolute Gasteiger partial charge is 0.243 e. The lowest BCUT2D eigenvalue weighted by Gasteiger charge is -2.28. The molecule has 1 aliphatic rings. The number of aryl methyl sites for hydroxylation is 1. The summed E-state index contributed by atoms with van der Waals surface area (Å²) in [4.78, 5) is 38.6. The monoisotopic (exact) mass is 678 g/mol. The Bertz CT molecular complexity index is 1450. The summed E-state index contributed by atoms with van der Waals surface area (Å²) >= 11 is 0. The van der Waals surface area contributed by atoms with Gasteiger partial charge in [0, 0.05) is 25.6 Å². The van der Waals surface area contributed by atoms with Crippen molar-refractivity contribution in [1.29, 1.82) is 0 Å². The van der Waals surface area contributed by atoms with E-state index in [1.165, 1.54) is 0 Å². The Balaban J connectivity index is 1.85. The van der Waals surface area contributed by atoms with Crippen LogP contribution in [0.15, 0.2) is 42.5 Å². The van der Waals surface area contributed by atoms with Gasteiger partial charge < -0.3 is 26.4 Å². The number of amides is 3. The number of hydrogen-bond acceptors (Lipinski definition) is 7. The summed E-state index contributed by atoms with van der Waals surface area (Å²) in [5, 5.41) is 21.4. The van der Waals surface area contributed by atoms with Gasteiger partial charge in [0.25, 0.3) is 0 Å². The van der Waals surface area contributed by atoms with Crippen LogP contribution in [0.1, 0.15) is 76.0 Å². The van der Waals surface area contributed by atoms with E-state index < -0.39 is 68.5 Å². The van der Waals surface area contributed by atoms with Gasteiger partial charge in [0.1, 0.15) is 23.7 Å². The second kappa shape index (κ2) is 18.2. The number of aliphatic hydroxyl groups is 1. The summed E-state index contributed by atoms with van der Waals surface area (Å²) < 4.78 is 55.3. The molecule has 1 heterocycles. The summed E-state index contributed by atoms with van der Waals surface area (Å²) in [5.74, 6) is -4.27. The minimum Gasteiger partial charge on any atom is -0.390 e. The third kappa shape index (κ3) is 12.0. The molecule has 10 nitrogen and oxygen atoms in total. The minimum atomic E-state index is -3.88. The van der Waals surface area contributed by atoms with E-state index in [0.717, 1.165) is 29.7 Å². The molecule has 2 aromatic rings. The van der Waals surface area contributed by atoms with Gasteiger partial charge in [-0.3, -0.25) is 14.4 Å². The number of halogens is 2. The number of sulfone groups is 1. The Labute approximate surface area is 276 Å². The highest BCUT2D eigenvalue weighted by Gasteiger charge is 2.36. The van der Waals surface area contributed by atoms with Crippen molar-refractivity contribution in [2.75, 3.05) is 12.3 Å². The predicted molar refractivity (Wildman–Crippen MR) is 176 cm³/mol. The molecule has 3 amide bonds. The first kappa shape index (κ1) is 38.0. The molecular weight excluding hydrogens is 630 g/mol. The molecule has 1 unspecified atom stereocenters. The van der Waals surface area contributed by atoms with E-state index in [1.807, 2.05) is 45.0 Å². The van der Waals surface area contributed by atoms with Crippen LogP contribution >= 0.6 is 0 Å². The first-order chi connectivity index (χ1) is 22.3. The highest BCUT2D eigenvalue weighted by molar-refractivity contribution is 7.92. The largest absolute Gasteiger partial charge is 0.390 e. The lowest BCUT2D eigenvalue weighted by atomic mass is 10.00. The lowest BCUT2D eigenvalue weighted by molar-refractivity contribution is -0.130. The van der Waals surface area contributed by atoms with Crippen LogP contribution in [0.5, 0.6) is 0 Å². The van der Waals surface area contributed by atoms with Gasteiger partial charge in [0.15, 0.2) is 9.84 Å². The number of rotatable bonds is 19. The molecule has 5 N–H and O–H groups in total. The lowest BCUT2D eigenvalue weighted by Crippen LogP contribution is -2.58. The van der Waals surface area contributed by atoms with Gasteiger partial charge in [-0.05, 0) is 60.9 Å². The van der Waals surface area contributed by atoms with Crippen molar-refractivity contribution in [3.8, 4) is 0 Å². The maximum atomic E-state index is 14.1. The van der Waals surface area contributed by atoms with Crippen molar-refractivity contribution in [2.24, 2.45) is 0 Å². The fourth-order valence-electron chi connectivity index (χ4n) is 5.80. The topological polar surface area (TPSA) is 154 Å². The molecule has 0 spiro atoms. The average Bonchev–Trinajstić information content (AvgIpc) is 3.46. The third-order valence-electron chi connectivity index (χ3n) is 8.33. The highest BCUT2D eigenvalue weighted by atomic mass is 32.2. The summed E-state index contributed by atoms with van der Waals surface area (Å²) in [5.41, 5.74) is 2.28. The molecule has 4 atom stereocenters. The van der Waals surface area contributed by atoms with E-state index in [-0.39, 0.29) is 37.3 Å². The Morgan fingerprint density at radius 2 is 1.64 bits per heavy atom. The van der Waals surface area contributed by atoms with Crippen LogP contribution in [-0.2, 0) is 43.6 Å². The Kier molecular flexibility index (Phi) is 14.7. The number of nitrogens with one attached hydrogen (secondary N) is 4. The molecule has 1 fully saturated rings. The van der Waals surface area contributed by atoms with Crippen LogP contribution in [-0.4, -0.2) is 73.0 Å². The normalized spacial score (nSPS) is 16.8. The van der Waals surface area contributed by atoms with E-state index >= 15 is 0 Å². The number of aliphatic hydroxyl groups excluding tert-OH is 1. The van der Waals surface area contributed by atoms with Crippen LogP contribution in [0, 0.1) is 11.6 Å². The zero-order valence-electron chi connectivity index (χ0n) is 27.4. The number of hydrogen-bond donors (Lipinski definition) is 5. The second-order valence-corrected chi connectivity index (χ2v) is 14.5. The maximum absolute atomic E-state index is 14.1. The molecule has 0 bridgehead atoms. The van der Waals surface area contributed by atoms with E-state index in [0.29, 0.717) is 38.3 Å². The maximum Gasteiger partial charge on any atom is 0.243 e. The van der Waals surface area contributed by atoms with Crippen LogP contribution in [0.2, 0.25) is 0 Å². The molecule has 0 radical (unpaired) electrons. The molecule has 2 aromatic carbocycles. The summed E-state index contributed by atoms with van der Waals surface area (Å²) in [6.45, 7) is 6.15. The van der Waals surface area contributed by atoms with Crippen LogP contribution < -0.4 is 21.3 Å². The summed E-state index contributed by atoms with van der Waals surface area (Å²) in [6, 6.07) is 7.19. The van der Waals surface area contributed by atoms with Gasteiger partial charge in [-0.25, -0.2) is 17.2 Å². The summed E-state index contributed by atoms with van der Waals surface area (Å²) in [6.07, 6.45) is 1.70. The van der Waals surface area contributed by atoms with Crippen molar-refractivity contribution in [1.82, 2.24) is 21.3 Å². The van der Waals surface area contributed by atoms with E-state index in [9.17, 15) is 36.7 Å². The van der Waals surface area contributed by atoms with Crippen molar-refractivity contribution < 1.29 is 36.7 Å². The van der Waals surface area contributed by atoms with Crippen molar-refractivity contribution in [2.45, 2.75) is 108 Å². The van der Waals surface area contributed by atoms with Gasteiger partial charge in [-0.15, -0.1) is 0 Å². The molecule has 1 saturated heterocycles. The Morgan fingerprint density at radius 3 is 2.23 bits per heavy atom. The van der Waals surface area contributed by atoms with Crippen molar-refractivity contribution in [3.63, 3.8) is 0 Å². The molecule has 0 saturated carbocycles. The van der Waals surface area contributed by atoms with Gasteiger partial charge in [0.05, 0.1) is 23.1 Å². The van der Waals surface area contributed by atoms with E-state index in [4.69, 9.17) is 0 Å². The van der Waals surface area contributed by atoms with Crippen LogP contribution in [0.25, 0.3) is 0 Å². The molecular formula is C34H48F2N4O6S. The molecule has 0 aliphatic carbocycles. The van der Waals surface area contributed by atoms with Crippen LogP contribution in [0.3, 0.4) is 0 Å². The molecule has 260 valence electrons. The van der Waals surface area contributed by atoms with Gasteiger partial charge in [-0.1, -0.05) is 57.9 Å². The first-order valence-corrected chi connectivity index (χ1v) is 18.1. The SMILES string of the molecule is CCCC(CCC)S(=O)(=O)C[C@H](NC(=O)[C@@H]1CCC(=O)N1)C(=O)N[C@@H](Cc1cc(F)cc(F)c1)C(O)CNCc1cccc(CC)c1. The predicted octanol–water partition coefficient (Wildman–Crippen LogP) is 2.85. The van der Waals surface area contributed by atoms with E-state index in [2.05, 4.69) is 21.3 Å². The molecule has 13 heteroatoms. The fourth-order valence-corrected chi connectivity index (χ4v) is 7.96. The molecule has 1 aliphatic heterocycles. The Morgan fingerprint density at radius 1 is 0.979 bits per heavy atom. The molecule has 47 heavy (non-hydrogen) atoms. The zero-order chi connectivity index (χ0) is 34.6. The third-order valence-corrected chi connectivity index (χ3v) is 10.6. The second-order valence-electron chi connectivity index (χ2n) is 12.2. The highest BCUT2D eigenvalue weighted by Crippen LogP contribution is 2.18. The van der Waals surface area contributed by atoms with Crippen LogP contribution in [0.4, 0.5) is 8.78 Å². The number of benzene rings is 2. The van der Waals surface area contributed by atoms with Crippen molar-refractivity contribution in [3.05, 3.63) is 70.8 Å². The van der Waals surface area contributed by atoms with Crippen molar-refractivity contribution >= 4 is 27.6 Å². The average molecular weight is 679 g/mol. The fraction of sp³-hybridized carbons (Fsp3) is 0.559. The number of carbonyl (C=O) groups is 3. The van der Waals surface area contributed by atoms with Gasteiger partial charge in [-0.2, -0.15) is 0 Å². The van der Waals surface area contributed by atoms with E-state index in [1.54, 1.807) is 0 Å². The van der Waals surface area contributed by atoms with Gasteiger partial charge >= 0.3 is 0 Å². The standard InChI is InChI=1S/C34H48F2N4O6S/c1-4-8-27(9-5-2)47(45,46)21-30(40-33(43)28-12-13-32(42)38-28)34(44)39-29(17-24-15-25(35)18-26(36)16-24)31(41)20-37-19-23-11-7-10-22(6-3)14-23/h7,10-11,14-16,18,27-31,37,41H,4-6,8-9,12-13,17,19-21H2,1-3H3,(H,38,42)(H,39,44)(H,40,43)/t28-,29-,30-,31?/m0/s1. The van der Waals surface area contributed by atoms with Gasteiger partial charge in [0.2, 0.25) is 17.7 Å². The quantitative estimate of drug-likeness (QED) is 0.153. The first-order valence-electron chi connectivity index (χ1n) is 16.4. The Hall–Kier alpha value is -3.42. The summed E-state index contributed by atoms with van der Waals surface area (Å²) in [7, 11) is -3.88. The molecule has 0 aromatic heterocycles. The zero-order valence-corrected chi connectivity index (χ0v) is 28.2.